The number of carboxylic acid groups (broad SMARTS) is 1. The Bertz CT molecular complexity index is 1460. The van der Waals surface area contributed by atoms with E-state index in [4.69, 9.17) is 0 Å². The molecule has 0 aliphatic heterocycles. The van der Waals surface area contributed by atoms with E-state index in [1.807, 2.05) is 48.5 Å². The van der Waals surface area contributed by atoms with Crippen LogP contribution in [0.4, 0.5) is 0 Å². The maximum Gasteiger partial charge on any atom is 0.274 e. The summed E-state index contributed by atoms with van der Waals surface area (Å²) in [6.45, 7) is -0.239. The predicted octanol–water partition coefficient (Wildman–Crippen LogP) is 1.16. The van der Waals surface area contributed by atoms with E-state index in [9.17, 15) is 14.7 Å². The average Bonchev–Trinajstić information content (AvgIpc) is 3.28. The first-order valence-electron chi connectivity index (χ1n) is 8.31. The number of imidazole rings is 1. The van der Waals surface area contributed by atoms with Crippen molar-refractivity contribution in [2.75, 3.05) is 0 Å². The zero-order chi connectivity index (χ0) is 18.5. The van der Waals surface area contributed by atoms with Gasteiger partial charge in [0.1, 0.15) is 0 Å². The molecular weight excluding hydrogens is 362 g/mol. The van der Waals surface area contributed by atoms with Crippen molar-refractivity contribution in [3.63, 3.8) is 0 Å². The first-order valence-corrected chi connectivity index (χ1v) is 9.13. The first-order chi connectivity index (χ1) is 13.1. The van der Waals surface area contributed by atoms with Crippen LogP contribution < -0.4 is 15.2 Å². The van der Waals surface area contributed by atoms with E-state index in [0.29, 0.717) is 9.49 Å². The highest BCUT2D eigenvalue weighted by atomic mass is 32.1. The van der Waals surface area contributed by atoms with Crippen molar-refractivity contribution in [2.24, 2.45) is 0 Å². The van der Waals surface area contributed by atoms with Gasteiger partial charge in [0, 0.05) is 22.7 Å². The molecule has 0 aliphatic rings. The van der Waals surface area contributed by atoms with Crippen molar-refractivity contribution >= 4 is 50.3 Å². The summed E-state index contributed by atoms with van der Waals surface area (Å²) in [7, 11) is 0. The van der Waals surface area contributed by atoms with Crippen LogP contribution in [0.2, 0.25) is 0 Å². The number of para-hydroxylation sites is 3. The maximum atomic E-state index is 12.9. The fourth-order valence-corrected chi connectivity index (χ4v) is 4.39. The molecule has 0 saturated heterocycles. The first kappa shape index (κ1) is 15.8. The van der Waals surface area contributed by atoms with E-state index in [1.165, 1.54) is 11.3 Å². The molecule has 27 heavy (non-hydrogen) atoms. The van der Waals surface area contributed by atoms with E-state index < -0.39 is 5.97 Å². The number of hydrogen-bond acceptors (Lipinski definition) is 5. The van der Waals surface area contributed by atoms with Crippen molar-refractivity contribution in [1.82, 2.24) is 14.0 Å². The second-order valence-electron chi connectivity index (χ2n) is 6.24. The zero-order valence-corrected chi connectivity index (χ0v) is 14.8. The summed E-state index contributed by atoms with van der Waals surface area (Å²) < 4.78 is 3.79. The summed E-state index contributed by atoms with van der Waals surface area (Å²) in [5.41, 5.74) is 3.02. The van der Waals surface area contributed by atoms with Crippen LogP contribution >= 0.6 is 11.3 Å². The lowest BCUT2D eigenvalue weighted by atomic mass is 10.2. The molecule has 0 radical (unpaired) electrons. The summed E-state index contributed by atoms with van der Waals surface area (Å²) in [6.07, 6.45) is 3.53. The Morgan fingerprint density at radius 3 is 2.67 bits per heavy atom. The third kappa shape index (κ3) is 2.43. The molecule has 132 valence electrons. The number of hydrogen-bond donors (Lipinski definition) is 0. The Labute approximate surface area is 156 Å². The van der Waals surface area contributed by atoms with Crippen molar-refractivity contribution in [3.05, 3.63) is 75.2 Å². The smallest absolute Gasteiger partial charge is 0.274 e. The van der Waals surface area contributed by atoms with Gasteiger partial charge in [-0.1, -0.05) is 41.7 Å². The molecule has 0 amide bonds. The summed E-state index contributed by atoms with van der Waals surface area (Å²) in [5.74, 6) is -1.16. The van der Waals surface area contributed by atoms with Gasteiger partial charge in [0.05, 0.1) is 28.1 Å². The molecule has 7 heteroatoms. The Balaban J connectivity index is 1.77. The van der Waals surface area contributed by atoms with Gasteiger partial charge >= 0.3 is 0 Å². The van der Waals surface area contributed by atoms with Crippen molar-refractivity contribution < 1.29 is 9.90 Å². The van der Waals surface area contributed by atoms with Crippen molar-refractivity contribution in [1.29, 1.82) is 0 Å². The van der Waals surface area contributed by atoms with E-state index >= 15 is 0 Å². The zero-order valence-electron chi connectivity index (χ0n) is 14.0. The monoisotopic (exact) mass is 374 g/mol. The van der Waals surface area contributed by atoms with Gasteiger partial charge in [-0.2, -0.15) is 0 Å². The average molecular weight is 374 g/mol. The van der Waals surface area contributed by atoms with Crippen LogP contribution in [0, 0.1) is 0 Å². The molecule has 3 aromatic heterocycles. The van der Waals surface area contributed by atoms with Crippen molar-refractivity contribution in [3.8, 4) is 0 Å². The van der Waals surface area contributed by atoms with Gasteiger partial charge in [-0.3, -0.25) is 4.79 Å². The Morgan fingerprint density at radius 1 is 1.11 bits per heavy atom. The van der Waals surface area contributed by atoms with Gasteiger partial charge in [-0.05, 0) is 24.3 Å². The second kappa shape index (κ2) is 5.78. The second-order valence-corrected chi connectivity index (χ2v) is 7.24. The predicted molar refractivity (Wildman–Crippen MR) is 103 cm³/mol. The van der Waals surface area contributed by atoms with Gasteiger partial charge in [0.2, 0.25) is 0 Å². The molecule has 0 aliphatic carbocycles. The minimum absolute atomic E-state index is 0.125. The molecular formula is C20H12N3O3S-. The molecule has 5 rings (SSSR count). The minimum Gasteiger partial charge on any atom is -0.548 e. The quantitative estimate of drug-likeness (QED) is 0.475. The molecule has 0 atom stereocenters. The number of carboxylic acids is 1. The van der Waals surface area contributed by atoms with Crippen LogP contribution in [0.25, 0.3) is 33.0 Å². The van der Waals surface area contributed by atoms with Crippen LogP contribution in [-0.2, 0) is 11.3 Å². The largest absolute Gasteiger partial charge is 0.548 e. The van der Waals surface area contributed by atoms with Gasteiger partial charge in [0.15, 0.2) is 4.96 Å². The Hall–Kier alpha value is -3.45. The third-order valence-corrected chi connectivity index (χ3v) is 5.52. The van der Waals surface area contributed by atoms with Crippen LogP contribution in [0.3, 0.4) is 0 Å². The Kier molecular flexibility index (Phi) is 3.38. The molecule has 6 nitrogen and oxygen atoms in total. The molecule has 0 N–H and O–H groups in total. The molecule has 5 aromatic rings. The van der Waals surface area contributed by atoms with E-state index in [1.54, 1.807) is 21.2 Å². The van der Waals surface area contributed by atoms with Gasteiger partial charge in [-0.15, -0.1) is 0 Å². The molecule has 0 spiro atoms. The summed E-state index contributed by atoms with van der Waals surface area (Å²) in [4.78, 5) is 29.1. The van der Waals surface area contributed by atoms with Crippen LogP contribution in [-0.4, -0.2) is 19.9 Å². The highest BCUT2D eigenvalue weighted by Crippen LogP contribution is 2.22. The summed E-state index contributed by atoms with van der Waals surface area (Å²) in [5, 5.41) is 11.9. The normalized spacial score (nSPS) is 12.5. The molecule has 0 unspecified atom stereocenters. The van der Waals surface area contributed by atoms with Gasteiger partial charge in [-0.25, -0.2) is 9.38 Å². The number of carbonyl (C=O) groups is 1. The molecule has 2 aromatic carbocycles. The molecule has 0 saturated carbocycles. The highest BCUT2D eigenvalue weighted by Gasteiger charge is 2.12. The minimum atomic E-state index is -1.16. The number of carbonyl (C=O) groups excluding carboxylic acids is 1. The Morgan fingerprint density at radius 2 is 1.85 bits per heavy atom. The van der Waals surface area contributed by atoms with Crippen LogP contribution in [0.15, 0.2) is 59.5 Å². The number of thiazole rings is 1. The number of benzene rings is 2. The van der Waals surface area contributed by atoms with E-state index in [0.717, 1.165) is 27.5 Å². The number of rotatable bonds is 3. The third-order valence-electron chi connectivity index (χ3n) is 4.55. The number of aromatic nitrogens is 3. The lowest BCUT2D eigenvalue weighted by Gasteiger charge is -2.04. The molecule has 0 bridgehead atoms. The maximum absolute atomic E-state index is 12.9. The van der Waals surface area contributed by atoms with Crippen molar-refractivity contribution in [2.45, 2.75) is 6.54 Å². The number of fused-ring (bicyclic) bond motifs is 4. The fraction of sp³-hybridized carbons (Fsp3) is 0.0500. The lowest BCUT2D eigenvalue weighted by molar-refractivity contribution is -0.306. The van der Waals surface area contributed by atoms with E-state index in [-0.39, 0.29) is 12.1 Å². The van der Waals surface area contributed by atoms with Gasteiger partial charge in [0.25, 0.3) is 5.56 Å². The van der Waals surface area contributed by atoms with E-state index in [2.05, 4.69) is 4.98 Å². The summed E-state index contributed by atoms with van der Waals surface area (Å²) >= 11 is 1.32. The molecule has 3 heterocycles. The van der Waals surface area contributed by atoms with Gasteiger partial charge < -0.3 is 14.5 Å². The molecule has 0 fully saturated rings. The van der Waals surface area contributed by atoms with Crippen LogP contribution in [0.5, 0.6) is 0 Å². The lowest BCUT2D eigenvalue weighted by Crippen LogP contribution is -2.27. The number of aliphatic carboxylic acids is 1. The summed E-state index contributed by atoms with van der Waals surface area (Å²) in [6, 6.07) is 15.0. The fourth-order valence-electron chi connectivity index (χ4n) is 3.41. The SMILES string of the molecule is O=C([O-])Cn1cc(/C=c2/sc3nc4ccccc4n3c2=O)c2ccccc21. The standard InChI is InChI=1S/C20H13N3O3S/c24-18(25)11-22-10-12(13-5-1-3-7-15(13)22)9-17-19(26)23-16-8-4-2-6-14(16)21-20(23)27-17/h1-10H,11H2,(H,24,25)/p-1/b17-9+. The number of nitrogens with zero attached hydrogens (tertiary/aromatic N) is 3. The topological polar surface area (TPSA) is 79.4 Å². The highest BCUT2D eigenvalue weighted by molar-refractivity contribution is 7.15. The van der Waals surface area contributed by atoms with Crippen LogP contribution in [0.1, 0.15) is 5.56 Å².